The molecule has 0 N–H and O–H groups in total. The Balaban J connectivity index is 0.936. The molecule has 0 atom stereocenters. The zero-order valence-corrected chi connectivity index (χ0v) is 35.9. The van der Waals surface area contributed by atoms with E-state index in [0.29, 0.717) is 5.82 Å². The van der Waals surface area contributed by atoms with Crippen molar-refractivity contribution in [2.75, 3.05) is 0 Å². The third kappa shape index (κ3) is 5.91. The SMILES string of the molecule is c1ccc(-c2nc(-c3ccc(-c4ccc(-c5cccc6oc7ccccc7c56)c5ccccc45)cc3)cc(-c3ccc4c(c3)C(c3ccccc3)(c3ccccc3)c3ccccc3-4)n2)cc1. The molecular formula is C63H40N2O. The number of benzene rings is 10. The van der Waals surface area contributed by atoms with Crippen molar-refractivity contribution in [3.63, 3.8) is 0 Å². The zero-order valence-electron chi connectivity index (χ0n) is 35.9. The van der Waals surface area contributed by atoms with E-state index in [1.165, 1.54) is 60.8 Å². The molecule has 12 aromatic rings. The summed E-state index contributed by atoms with van der Waals surface area (Å²) in [5.74, 6) is 0.690. The number of para-hydroxylation sites is 1. The minimum Gasteiger partial charge on any atom is -0.456 e. The fourth-order valence-corrected chi connectivity index (χ4v) is 10.7. The lowest BCUT2D eigenvalue weighted by Crippen LogP contribution is -2.28. The first kappa shape index (κ1) is 37.9. The van der Waals surface area contributed by atoms with Gasteiger partial charge in [0.15, 0.2) is 5.82 Å². The van der Waals surface area contributed by atoms with E-state index in [1.54, 1.807) is 0 Å². The van der Waals surface area contributed by atoms with E-state index in [4.69, 9.17) is 14.4 Å². The summed E-state index contributed by atoms with van der Waals surface area (Å²) in [6.07, 6.45) is 0. The first-order valence-electron chi connectivity index (χ1n) is 22.6. The van der Waals surface area contributed by atoms with Crippen molar-refractivity contribution in [2.24, 2.45) is 0 Å². The van der Waals surface area contributed by atoms with Crippen LogP contribution in [0.25, 0.3) is 100.0 Å². The maximum Gasteiger partial charge on any atom is 0.160 e. The molecule has 0 aliphatic heterocycles. The summed E-state index contributed by atoms with van der Waals surface area (Å²) in [5.41, 5.74) is 18.2. The van der Waals surface area contributed by atoms with Gasteiger partial charge >= 0.3 is 0 Å². The standard InChI is InChI=1S/C63H40N2O/c1-4-17-43(18-5-1)62-64-57(40-58(65-62)44-35-36-52-51-25-12-14-28-55(51)63(56(52)39-44,45-19-6-2-7-20-45)46-21-8-3-9-22-46)42-33-31-41(32-34-42)47-37-38-50(49-24-11-10-23-48(47)49)53-27-16-30-60-61(53)54-26-13-15-29-59(54)66-60/h1-40H. The highest BCUT2D eigenvalue weighted by atomic mass is 16.3. The lowest BCUT2D eigenvalue weighted by molar-refractivity contribution is 0.669. The minimum absolute atomic E-state index is 0.512. The van der Waals surface area contributed by atoms with Crippen LogP contribution in [0.2, 0.25) is 0 Å². The summed E-state index contributed by atoms with van der Waals surface area (Å²) in [7, 11) is 0. The minimum atomic E-state index is -0.512. The molecule has 1 aliphatic rings. The Bertz CT molecular complexity index is 3760. The number of rotatable bonds is 7. The second kappa shape index (κ2) is 15.3. The molecule has 0 unspecified atom stereocenters. The predicted octanol–water partition coefficient (Wildman–Crippen LogP) is 16.2. The summed E-state index contributed by atoms with van der Waals surface area (Å²) >= 11 is 0. The van der Waals surface area contributed by atoms with Gasteiger partial charge in [0.25, 0.3) is 0 Å². The van der Waals surface area contributed by atoms with Gasteiger partial charge in [-0.3, -0.25) is 0 Å². The highest BCUT2D eigenvalue weighted by Gasteiger charge is 2.46. The summed E-state index contributed by atoms with van der Waals surface area (Å²) in [6, 6.07) is 87.0. The molecule has 0 amide bonds. The Morgan fingerprint density at radius 1 is 0.303 bits per heavy atom. The average molecular weight is 841 g/mol. The van der Waals surface area contributed by atoms with Crippen molar-refractivity contribution in [1.29, 1.82) is 0 Å². The van der Waals surface area contributed by atoms with E-state index < -0.39 is 5.41 Å². The van der Waals surface area contributed by atoms with Crippen LogP contribution in [0.5, 0.6) is 0 Å². The van der Waals surface area contributed by atoms with Gasteiger partial charge in [-0.15, -0.1) is 0 Å². The maximum atomic E-state index is 6.29. The van der Waals surface area contributed by atoms with Gasteiger partial charge in [0.2, 0.25) is 0 Å². The molecule has 66 heavy (non-hydrogen) atoms. The van der Waals surface area contributed by atoms with Crippen LogP contribution < -0.4 is 0 Å². The second-order valence-corrected chi connectivity index (χ2v) is 17.2. The third-order valence-corrected chi connectivity index (χ3v) is 13.6. The molecule has 2 aromatic heterocycles. The molecule has 0 fully saturated rings. The fourth-order valence-electron chi connectivity index (χ4n) is 10.7. The van der Waals surface area contributed by atoms with Crippen molar-refractivity contribution in [3.8, 4) is 67.3 Å². The number of hydrogen-bond donors (Lipinski definition) is 0. The lowest BCUT2D eigenvalue weighted by Gasteiger charge is -2.34. The van der Waals surface area contributed by atoms with Gasteiger partial charge in [0.1, 0.15) is 11.2 Å². The van der Waals surface area contributed by atoms with Crippen LogP contribution in [-0.2, 0) is 5.41 Å². The van der Waals surface area contributed by atoms with E-state index in [1.807, 2.05) is 30.3 Å². The Morgan fingerprint density at radius 2 is 0.818 bits per heavy atom. The number of furan rings is 1. The number of fused-ring (bicyclic) bond motifs is 7. The average Bonchev–Trinajstić information content (AvgIpc) is 3.93. The first-order valence-corrected chi connectivity index (χ1v) is 22.6. The Kier molecular flexibility index (Phi) is 8.75. The van der Waals surface area contributed by atoms with E-state index in [2.05, 4.69) is 212 Å². The molecule has 0 spiro atoms. The van der Waals surface area contributed by atoms with Crippen molar-refractivity contribution >= 4 is 32.7 Å². The van der Waals surface area contributed by atoms with Crippen LogP contribution in [0.1, 0.15) is 22.3 Å². The van der Waals surface area contributed by atoms with Crippen LogP contribution in [0, 0.1) is 0 Å². The summed E-state index contributed by atoms with van der Waals surface area (Å²) < 4.78 is 6.29. The topological polar surface area (TPSA) is 38.9 Å². The van der Waals surface area contributed by atoms with Crippen molar-refractivity contribution in [1.82, 2.24) is 9.97 Å². The zero-order chi connectivity index (χ0) is 43.6. The second-order valence-electron chi connectivity index (χ2n) is 17.2. The van der Waals surface area contributed by atoms with Crippen molar-refractivity contribution in [3.05, 3.63) is 265 Å². The summed E-state index contributed by atoms with van der Waals surface area (Å²) in [6.45, 7) is 0. The maximum absolute atomic E-state index is 6.29. The number of hydrogen-bond acceptors (Lipinski definition) is 3. The molecule has 0 saturated carbocycles. The van der Waals surface area contributed by atoms with E-state index in [-0.39, 0.29) is 0 Å². The van der Waals surface area contributed by atoms with Gasteiger partial charge in [0.05, 0.1) is 16.8 Å². The molecule has 1 aliphatic carbocycles. The monoisotopic (exact) mass is 840 g/mol. The van der Waals surface area contributed by atoms with E-state index in [0.717, 1.165) is 55.6 Å². The van der Waals surface area contributed by atoms with Gasteiger partial charge < -0.3 is 4.42 Å². The molecule has 3 heteroatoms. The van der Waals surface area contributed by atoms with Crippen molar-refractivity contribution < 1.29 is 4.42 Å². The molecule has 10 aromatic carbocycles. The van der Waals surface area contributed by atoms with E-state index >= 15 is 0 Å². The van der Waals surface area contributed by atoms with Crippen LogP contribution >= 0.6 is 0 Å². The predicted molar refractivity (Wildman–Crippen MR) is 271 cm³/mol. The normalized spacial score (nSPS) is 12.7. The highest BCUT2D eigenvalue weighted by Crippen LogP contribution is 2.56. The van der Waals surface area contributed by atoms with Gasteiger partial charge in [-0.1, -0.05) is 218 Å². The molecule has 2 heterocycles. The van der Waals surface area contributed by atoms with Gasteiger partial charge in [-0.2, -0.15) is 0 Å². The van der Waals surface area contributed by atoms with Crippen LogP contribution in [0.15, 0.2) is 247 Å². The van der Waals surface area contributed by atoms with Crippen LogP contribution in [0.3, 0.4) is 0 Å². The van der Waals surface area contributed by atoms with Crippen LogP contribution in [0.4, 0.5) is 0 Å². The Morgan fingerprint density at radius 3 is 1.56 bits per heavy atom. The smallest absolute Gasteiger partial charge is 0.160 e. The molecule has 308 valence electrons. The Labute approximate surface area is 383 Å². The molecule has 0 bridgehead atoms. The fraction of sp³-hybridized carbons (Fsp3) is 0.0159. The van der Waals surface area contributed by atoms with Gasteiger partial charge in [-0.25, -0.2) is 9.97 Å². The number of nitrogens with zero attached hydrogens (tertiary/aromatic N) is 2. The summed E-state index contributed by atoms with van der Waals surface area (Å²) in [4.78, 5) is 10.6. The van der Waals surface area contributed by atoms with Gasteiger partial charge in [-0.05, 0) is 90.7 Å². The summed E-state index contributed by atoms with van der Waals surface area (Å²) in [5, 5.41) is 4.67. The largest absolute Gasteiger partial charge is 0.456 e. The Hall–Kier alpha value is -8.66. The quantitative estimate of drug-likeness (QED) is 0.160. The first-order chi connectivity index (χ1) is 32.7. The number of aromatic nitrogens is 2. The van der Waals surface area contributed by atoms with Crippen molar-refractivity contribution in [2.45, 2.75) is 5.41 Å². The third-order valence-electron chi connectivity index (χ3n) is 13.6. The van der Waals surface area contributed by atoms with E-state index in [9.17, 15) is 0 Å². The molecule has 3 nitrogen and oxygen atoms in total. The lowest BCUT2D eigenvalue weighted by atomic mass is 9.67. The molecular weight excluding hydrogens is 801 g/mol. The van der Waals surface area contributed by atoms with Crippen LogP contribution in [-0.4, -0.2) is 9.97 Å². The van der Waals surface area contributed by atoms with Gasteiger partial charge in [0, 0.05) is 27.5 Å². The molecule has 0 saturated heterocycles. The molecule has 13 rings (SSSR count). The molecule has 0 radical (unpaired) electrons. The highest BCUT2D eigenvalue weighted by molar-refractivity contribution is 6.16.